The zero-order valence-corrected chi connectivity index (χ0v) is 10.6. The molecule has 92 valence electrons. The third kappa shape index (κ3) is 1.60. The van der Waals surface area contributed by atoms with Crippen LogP contribution in [0.1, 0.15) is 36.9 Å². The fourth-order valence-corrected chi connectivity index (χ4v) is 2.97. The third-order valence-corrected chi connectivity index (χ3v) is 3.85. The van der Waals surface area contributed by atoms with Crippen molar-refractivity contribution in [3.8, 4) is 0 Å². The number of hydrogen-bond donors (Lipinski definition) is 1. The molecule has 1 aliphatic carbocycles. The average molecular weight is 239 g/mol. The van der Waals surface area contributed by atoms with Gasteiger partial charge in [-0.15, -0.1) is 0 Å². The van der Waals surface area contributed by atoms with Crippen LogP contribution in [0, 0.1) is 0 Å². The Balaban J connectivity index is 2.16. The Labute approximate surface area is 107 Å². The molecule has 1 atom stereocenters. The Hall–Kier alpha value is -1.83. The number of benzene rings is 1. The molecule has 1 aliphatic rings. The Morgan fingerprint density at radius 3 is 2.94 bits per heavy atom. The molecule has 1 aromatic heterocycles. The van der Waals surface area contributed by atoms with Crippen molar-refractivity contribution in [2.75, 3.05) is 0 Å². The number of H-pyrrole nitrogens is 1. The van der Waals surface area contributed by atoms with E-state index < -0.39 is 0 Å². The molecular weight excluding hydrogens is 222 g/mol. The predicted octanol–water partition coefficient (Wildman–Crippen LogP) is 3.73. The summed E-state index contributed by atoms with van der Waals surface area (Å²) in [5.41, 5.74) is 4.25. The highest BCUT2D eigenvalue weighted by atomic mass is 16.1. The minimum Gasteiger partial charge on any atom is -0.358 e. The van der Waals surface area contributed by atoms with E-state index in [4.69, 9.17) is 0 Å². The van der Waals surface area contributed by atoms with Gasteiger partial charge >= 0.3 is 0 Å². The molecule has 1 aromatic carbocycles. The Morgan fingerprint density at radius 1 is 1.39 bits per heavy atom. The molecule has 0 aliphatic heterocycles. The fourth-order valence-electron chi connectivity index (χ4n) is 2.97. The normalized spacial score (nSPS) is 18.6. The van der Waals surface area contributed by atoms with Crippen molar-refractivity contribution < 1.29 is 4.79 Å². The van der Waals surface area contributed by atoms with E-state index in [1.165, 1.54) is 10.9 Å². The number of ketones is 1. The van der Waals surface area contributed by atoms with Crippen molar-refractivity contribution >= 4 is 16.7 Å². The van der Waals surface area contributed by atoms with Gasteiger partial charge in [-0.05, 0) is 43.4 Å². The number of carbonyl (C=O) groups is 1. The van der Waals surface area contributed by atoms with Crippen LogP contribution in [0.15, 0.2) is 36.4 Å². The van der Waals surface area contributed by atoms with E-state index in [0.29, 0.717) is 5.57 Å². The number of hydrogen-bond acceptors (Lipinski definition) is 1. The highest BCUT2D eigenvalue weighted by molar-refractivity contribution is 6.00. The zero-order valence-electron chi connectivity index (χ0n) is 10.6. The minimum atomic E-state index is -0.0151. The van der Waals surface area contributed by atoms with Gasteiger partial charge in [0.25, 0.3) is 0 Å². The van der Waals surface area contributed by atoms with E-state index in [-0.39, 0.29) is 11.7 Å². The van der Waals surface area contributed by atoms with Gasteiger partial charge in [0.05, 0.1) is 5.92 Å². The molecule has 0 fully saturated rings. The average Bonchev–Trinajstić information content (AvgIpc) is 2.76. The molecule has 0 radical (unpaired) electrons. The molecule has 0 bridgehead atoms. The van der Waals surface area contributed by atoms with E-state index in [0.717, 1.165) is 30.5 Å². The summed E-state index contributed by atoms with van der Waals surface area (Å²) < 4.78 is 0. The monoisotopic (exact) mass is 239 g/mol. The molecule has 18 heavy (non-hydrogen) atoms. The smallest absolute Gasteiger partial charge is 0.166 e. The number of nitrogens with one attached hydrogen (secondary N) is 1. The molecule has 2 nitrogen and oxygen atoms in total. The van der Waals surface area contributed by atoms with E-state index in [1.54, 1.807) is 6.92 Å². The molecule has 1 N–H and O–H groups in total. The van der Waals surface area contributed by atoms with Crippen molar-refractivity contribution in [3.63, 3.8) is 0 Å². The number of allylic oxidation sites excluding steroid dienone is 1. The van der Waals surface area contributed by atoms with Crippen molar-refractivity contribution in [1.82, 2.24) is 4.98 Å². The second-order valence-electron chi connectivity index (χ2n) is 5.15. The van der Waals surface area contributed by atoms with Gasteiger partial charge in [0, 0.05) is 16.6 Å². The Morgan fingerprint density at radius 2 is 2.17 bits per heavy atom. The standard InChI is InChI=1S/C16H17NO/c1-10(2)16(18)13-8-5-7-12-11-6-3-4-9-14(11)17-15(12)13/h3-4,6,9,13,17H,1,5,7-8H2,2H3. The second kappa shape index (κ2) is 4.13. The van der Waals surface area contributed by atoms with Gasteiger partial charge in [0.2, 0.25) is 0 Å². The first kappa shape index (κ1) is 11.3. The maximum absolute atomic E-state index is 12.2. The van der Waals surface area contributed by atoms with Crippen LogP contribution >= 0.6 is 0 Å². The van der Waals surface area contributed by atoms with Crippen LogP contribution in [-0.4, -0.2) is 10.8 Å². The van der Waals surface area contributed by atoms with E-state index >= 15 is 0 Å². The molecule has 2 heteroatoms. The number of aromatic amines is 1. The van der Waals surface area contributed by atoms with Crippen molar-refractivity contribution in [2.24, 2.45) is 0 Å². The molecule has 3 rings (SSSR count). The largest absolute Gasteiger partial charge is 0.358 e. The molecule has 1 unspecified atom stereocenters. The van der Waals surface area contributed by atoms with E-state index in [9.17, 15) is 4.79 Å². The second-order valence-corrected chi connectivity index (χ2v) is 5.15. The van der Waals surface area contributed by atoms with Gasteiger partial charge in [0.1, 0.15) is 0 Å². The van der Waals surface area contributed by atoms with Gasteiger partial charge < -0.3 is 4.98 Å². The lowest BCUT2D eigenvalue weighted by Gasteiger charge is -2.21. The molecule has 1 heterocycles. The SMILES string of the molecule is C=C(C)C(=O)C1CCCc2c1[nH]c1ccccc21. The lowest BCUT2D eigenvalue weighted by molar-refractivity contribution is -0.117. The summed E-state index contributed by atoms with van der Waals surface area (Å²) in [5.74, 6) is 0.168. The van der Waals surface area contributed by atoms with Gasteiger partial charge in [-0.2, -0.15) is 0 Å². The van der Waals surface area contributed by atoms with Crippen LogP contribution in [-0.2, 0) is 11.2 Å². The Bertz CT molecular complexity index is 636. The first-order chi connectivity index (χ1) is 8.68. The molecule has 0 spiro atoms. The first-order valence-electron chi connectivity index (χ1n) is 6.47. The first-order valence-corrected chi connectivity index (χ1v) is 6.47. The maximum Gasteiger partial charge on any atom is 0.166 e. The summed E-state index contributed by atoms with van der Waals surface area (Å²) in [6.07, 6.45) is 3.09. The maximum atomic E-state index is 12.2. The van der Waals surface area contributed by atoms with Crippen LogP contribution in [0.2, 0.25) is 0 Å². The molecule has 0 saturated heterocycles. The van der Waals surface area contributed by atoms with Gasteiger partial charge in [-0.3, -0.25) is 4.79 Å². The number of rotatable bonds is 2. The van der Waals surface area contributed by atoms with Gasteiger partial charge in [-0.25, -0.2) is 0 Å². The highest BCUT2D eigenvalue weighted by Gasteiger charge is 2.29. The topological polar surface area (TPSA) is 32.9 Å². The zero-order chi connectivity index (χ0) is 12.7. The third-order valence-electron chi connectivity index (χ3n) is 3.85. The van der Waals surface area contributed by atoms with Crippen LogP contribution < -0.4 is 0 Å². The highest BCUT2D eigenvalue weighted by Crippen LogP contribution is 2.37. The van der Waals surface area contributed by atoms with Crippen LogP contribution in [0.3, 0.4) is 0 Å². The van der Waals surface area contributed by atoms with Crippen LogP contribution in [0.4, 0.5) is 0 Å². The summed E-state index contributed by atoms with van der Waals surface area (Å²) in [7, 11) is 0. The van der Waals surface area contributed by atoms with Crippen molar-refractivity contribution in [1.29, 1.82) is 0 Å². The number of fused-ring (bicyclic) bond motifs is 3. The quantitative estimate of drug-likeness (QED) is 0.796. The number of para-hydroxylation sites is 1. The number of aromatic nitrogens is 1. The van der Waals surface area contributed by atoms with Gasteiger partial charge in [0.15, 0.2) is 5.78 Å². The molecule has 0 amide bonds. The van der Waals surface area contributed by atoms with Crippen molar-refractivity contribution in [3.05, 3.63) is 47.7 Å². The molecule has 2 aromatic rings. The number of carbonyl (C=O) groups excluding carboxylic acids is 1. The van der Waals surface area contributed by atoms with E-state index in [1.807, 2.05) is 6.07 Å². The summed E-state index contributed by atoms with van der Waals surface area (Å²) in [6.45, 7) is 5.60. The lowest BCUT2D eigenvalue weighted by Crippen LogP contribution is -2.18. The molecular formula is C16H17NO. The molecule has 0 saturated carbocycles. The number of aryl methyl sites for hydroxylation is 1. The number of Topliss-reactive ketones (excluding diaryl/α,β-unsaturated/α-hetero) is 1. The van der Waals surface area contributed by atoms with Crippen LogP contribution in [0.5, 0.6) is 0 Å². The lowest BCUT2D eigenvalue weighted by atomic mass is 9.82. The Kier molecular flexibility index (Phi) is 2.58. The summed E-state index contributed by atoms with van der Waals surface area (Å²) >= 11 is 0. The minimum absolute atomic E-state index is 0.0151. The fraction of sp³-hybridized carbons (Fsp3) is 0.312. The van der Waals surface area contributed by atoms with Crippen molar-refractivity contribution in [2.45, 2.75) is 32.1 Å². The summed E-state index contributed by atoms with van der Waals surface area (Å²) in [5, 5.41) is 1.27. The van der Waals surface area contributed by atoms with Crippen LogP contribution in [0.25, 0.3) is 10.9 Å². The predicted molar refractivity (Wildman–Crippen MR) is 73.8 cm³/mol. The van der Waals surface area contributed by atoms with E-state index in [2.05, 4.69) is 29.8 Å². The summed E-state index contributed by atoms with van der Waals surface area (Å²) in [6, 6.07) is 8.30. The van der Waals surface area contributed by atoms with Gasteiger partial charge in [-0.1, -0.05) is 24.8 Å². The summed E-state index contributed by atoms with van der Waals surface area (Å²) in [4.78, 5) is 15.7.